The summed E-state index contributed by atoms with van der Waals surface area (Å²) < 4.78 is 26.7. The summed E-state index contributed by atoms with van der Waals surface area (Å²) in [5, 5.41) is 2.44. The zero-order chi connectivity index (χ0) is 32.6. The van der Waals surface area contributed by atoms with E-state index in [1.807, 2.05) is 97.9 Å². The highest BCUT2D eigenvalue weighted by atomic mass is 28.4. The van der Waals surface area contributed by atoms with Crippen molar-refractivity contribution in [2.45, 2.75) is 32.1 Å². The van der Waals surface area contributed by atoms with Crippen LogP contribution in [0.15, 0.2) is 115 Å². The molecule has 0 spiro atoms. The molecule has 0 aliphatic carbocycles. The molecule has 3 aromatic carbocycles. The number of carbonyl (C=O) groups is 2. The average Bonchev–Trinajstić information content (AvgIpc) is 3.48. The van der Waals surface area contributed by atoms with E-state index in [0.29, 0.717) is 29.1 Å². The first-order valence-corrected chi connectivity index (χ1v) is 17.3. The second-order valence-electron chi connectivity index (χ2n) is 11.4. The lowest BCUT2D eigenvalue weighted by Crippen LogP contribution is -2.68. The van der Waals surface area contributed by atoms with Crippen LogP contribution in [0.3, 0.4) is 0 Å². The standard InChI is InChI=1S/C37H32N2O7Si/c1-3-33(40)43-19-20-45-47(27-14-7-5-8-15-27,28-16-9-6-10-17-28)46-37(4-2)30-22-32-34-26(21-25-13-11-12-18-31(25)38-34)23-39(32)35(41)29(30)24-44-36(37)42/h3,5-18,21-22H,1,4,19-20,23-24H2,2H3/t37-/m0/s1. The maximum atomic E-state index is 14.2. The number of hydrogen-bond acceptors (Lipinski definition) is 8. The first kappa shape index (κ1) is 30.5. The maximum absolute atomic E-state index is 14.2. The third kappa shape index (κ3) is 5.11. The highest BCUT2D eigenvalue weighted by molar-refractivity contribution is 6.92. The number of aromatic nitrogens is 2. The number of nitrogens with zero attached hydrogens (tertiary/aromatic N) is 2. The quantitative estimate of drug-likeness (QED) is 0.0950. The molecule has 2 aliphatic rings. The van der Waals surface area contributed by atoms with E-state index in [9.17, 15) is 14.4 Å². The zero-order valence-corrected chi connectivity index (χ0v) is 26.8. The Balaban J connectivity index is 1.41. The van der Waals surface area contributed by atoms with Crippen LogP contribution in [0.4, 0.5) is 0 Å². The third-order valence-electron chi connectivity index (χ3n) is 8.81. The van der Waals surface area contributed by atoms with E-state index in [1.165, 1.54) is 0 Å². The van der Waals surface area contributed by atoms with E-state index < -0.39 is 26.1 Å². The lowest BCUT2D eigenvalue weighted by molar-refractivity contribution is -0.171. The minimum atomic E-state index is -3.81. The number of rotatable bonds is 10. The lowest BCUT2D eigenvalue weighted by atomic mass is 9.86. The van der Waals surface area contributed by atoms with Crippen molar-refractivity contribution in [3.63, 3.8) is 0 Å². The number of hydrogen-bond donors (Lipinski definition) is 0. The second kappa shape index (κ2) is 12.2. The molecular formula is C37H32N2O7Si. The molecule has 0 fully saturated rings. The monoisotopic (exact) mass is 644 g/mol. The van der Waals surface area contributed by atoms with Gasteiger partial charge in [0, 0.05) is 22.6 Å². The van der Waals surface area contributed by atoms with E-state index in [0.717, 1.165) is 32.9 Å². The normalized spacial score (nSPS) is 16.6. The summed E-state index contributed by atoms with van der Waals surface area (Å²) in [5.74, 6) is -1.18. The van der Waals surface area contributed by atoms with Gasteiger partial charge in [0.1, 0.15) is 13.2 Å². The Bertz CT molecular complexity index is 2040. The first-order valence-electron chi connectivity index (χ1n) is 15.5. The summed E-state index contributed by atoms with van der Waals surface area (Å²) in [6.07, 6.45) is 1.24. The van der Waals surface area contributed by atoms with Crippen LogP contribution < -0.4 is 15.9 Å². The molecule has 0 unspecified atom stereocenters. The fourth-order valence-corrected chi connectivity index (χ4v) is 9.93. The van der Waals surface area contributed by atoms with E-state index in [1.54, 1.807) is 4.57 Å². The minimum Gasteiger partial charge on any atom is -0.460 e. The predicted molar refractivity (Wildman–Crippen MR) is 178 cm³/mol. The summed E-state index contributed by atoms with van der Waals surface area (Å²) in [4.78, 5) is 45.1. The Labute approximate surface area is 272 Å². The van der Waals surface area contributed by atoms with E-state index >= 15 is 0 Å². The Kier molecular flexibility index (Phi) is 7.92. The first-order chi connectivity index (χ1) is 22.9. The molecule has 4 heterocycles. The van der Waals surface area contributed by atoms with E-state index in [4.69, 9.17) is 23.3 Å². The maximum Gasteiger partial charge on any atom is 0.408 e. The number of para-hydroxylation sites is 1. The number of benzene rings is 3. The van der Waals surface area contributed by atoms with Gasteiger partial charge in [-0.05, 0) is 35.0 Å². The topological polar surface area (TPSA) is 106 Å². The molecule has 7 rings (SSSR count). The van der Waals surface area contributed by atoms with E-state index in [-0.39, 0.29) is 31.8 Å². The molecule has 0 radical (unpaired) electrons. The van der Waals surface area contributed by atoms with Crippen molar-refractivity contribution in [3.05, 3.63) is 137 Å². The van der Waals surface area contributed by atoms with Gasteiger partial charge in [-0.25, -0.2) is 14.6 Å². The molecule has 10 heteroatoms. The molecule has 236 valence electrons. The van der Waals surface area contributed by atoms with Crippen LogP contribution in [0.5, 0.6) is 0 Å². The average molecular weight is 645 g/mol. The van der Waals surface area contributed by atoms with Crippen LogP contribution >= 0.6 is 0 Å². The van der Waals surface area contributed by atoms with Gasteiger partial charge < -0.3 is 22.9 Å². The second-order valence-corrected chi connectivity index (χ2v) is 14.3. The van der Waals surface area contributed by atoms with Crippen LogP contribution in [-0.4, -0.2) is 43.3 Å². The van der Waals surface area contributed by atoms with E-state index in [2.05, 4.69) is 12.6 Å². The number of fused-ring (bicyclic) bond motifs is 5. The minimum absolute atomic E-state index is 0.0193. The molecule has 0 bridgehead atoms. The van der Waals surface area contributed by atoms with Gasteiger partial charge in [-0.15, -0.1) is 0 Å². The molecule has 1 atom stereocenters. The van der Waals surface area contributed by atoms with Crippen molar-refractivity contribution in [2.75, 3.05) is 13.2 Å². The number of cyclic esters (lactones) is 1. The Morgan fingerprint density at radius 2 is 1.66 bits per heavy atom. The van der Waals surface area contributed by atoms with Gasteiger partial charge in [0.2, 0.25) is 0 Å². The number of pyridine rings is 2. The lowest BCUT2D eigenvalue weighted by Gasteiger charge is -2.43. The van der Waals surface area contributed by atoms with Crippen molar-refractivity contribution < 1.29 is 27.9 Å². The highest BCUT2D eigenvalue weighted by Crippen LogP contribution is 2.42. The van der Waals surface area contributed by atoms with Gasteiger partial charge in [-0.1, -0.05) is 92.4 Å². The van der Waals surface area contributed by atoms with Gasteiger partial charge in [-0.2, -0.15) is 0 Å². The number of ether oxygens (including phenoxy) is 2. The van der Waals surface area contributed by atoms with Gasteiger partial charge in [0.15, 0.2) is 5.60 Å². The Hall–Kier alpha value is -5.16. The molecule has 0 N–H and O–H groups in total. The molecule has 9 nitrogen and oxygen atoms in total. The number of carbonyl (C=O) groups excluding carboxylic acids is 2. The molecule has 0 amide bonds. The van der Waals surface area contributed by atoms with Gasteiger partial charge in [-0.3, -0.25) is 4.79 Å². The molecule has 2 aromatic heterocycles. The van der Waals surface area contributed by atoms with Crippen LogP contribution in [0, 0.1) is 0 Å². The van der Waals surface area contributed by atoms with Crippen LogP contribution in [0.25, 0.3) is 22.3 Å². The zero-order valence-electron chi connectivity index (χ0n) is 25.8. The van der Waals surface area contributed by atoms with Gasteiger partial charge in [0.05, 0.1) is 35.6 Å². The summed E-state index contributed by atoms with van der Waals surface area (Å²) in [6, 6.07) is 30.6. The van der Waals surface area contributed by atoms with Crippen molar-refractivity contribution in [2.24, 2.45) is 0 Å². The number of esters is 2. The van der Waals surface area contributed by atoms with Crippen molar-refractivity contribution in [1.82, 2.24) is 9.55 Å². The van der Waals surface area contributed by atoms with Crippen LogP contribution in [-0.2, 0) is 46.7 Å². The summed E-state index contributed by atoms with van der Waals surface area (Å²) in [6.45, 7) is 5.40. The highest BCUT2D eigenvalue weighted by Gasteiger charge is 2.56. The molecule has 5 aromatic rings. The van der Waals surface area contributed by atoms with Crippen molar-refractivity contribution in [1.29, 1.82) is 0 Å². The fraction of sp³-hybridized carbons (Fsp3) is 0.189. The third-order valence-corrected chi connectivity index (χ3v) is 12.2. The SMILES string of the molecule is C=CC(=O)OCCO[Si](O[C@]1(CC)C(=O)OCc2c1cc1n(c2=O)Cc2cc3ccccc3nc2-1)(c1ccccc1)c1ccccc1. The molecule has 0 saturated carbocycles. The molecule has 2 aliphatic heterocycles. The summed E-state index contributed by atoms with van der Waals surface area (Å²) in [5.41, 5.74) is 1.91. The Morgan fingerprint density at radius 3 is 2.34 bits per heavy atom. The molecule has 47 heavy (non-hydrogen) atoms. The van der Waals surface area contributed by atoms with Crippen molar-refractivity contribution >= 4 is 41.8 Å². The fourth-order valence-electron chi connectivity index (χ4n) is 6.51. The summed E-state index contributed by atoms with van der Waals surface area (Å²) in [7, 11) is -3.81. The van der Waals surface area contributed by atoms with Crippen LogP contribution in [0.1, 0.15) is 30.0 Å². The summed E-state index contributed by atoms with van der Waals surface area (Å²) >= 11 is 0. The largest absolute Gasteiger partial charge is 0.460 e. The van der Waals surface area contributed by atoms with Gasteiger partial charge in [0.25, 0.3) is 5.56 Å². The molecule has 0 saturated heterocycles. The van der Waals surface area contributed by atoms with Crippen molar-refractivity contribution in [3.8, 4) is 11.4 Å². The predicted octanol–water partition coefficient (Wildman–Crippen LogP) is 4.11. The smallest absolute Gasteiger partial charge is 0.408 e. The molecular weight excluding hydrogens is 613 g/mol. The van der Waals surface area contributed by atoms with Crippen LogP contribution in [0.2, 0.25) is 0 Å². The Morgan fingerprint density at radius 1 is 0.979 bits per heavy atom. The van der Waals surface area contributed by atoms with Gasteiger partial charge >= 0.3 is 20.5 Å².